The van der Waals surface area contributed by atoms with Gasteiger partial charge in [-0.3, -0.25) is 9.78 Å². The maximum absolute atomic E-state index is 13.4. The number of amides is 1. The van der Waals surface area contributed by atoms with Crippen molar-refractivity contribution in [2.45, 2.75) is 57.4 Å². The molecular formula is C24H29N5OS. The molecule has 0 spiro atoms. The van der Waals surface area contributed by atoms with Gasteiger partial charge in [-0.05, 0) is 60.8 Å². The highest BCUT2D eigenvalue weighted by Gasteiger charge is 2.34. The fourth-order valence-corrected chi connectivity index (χ4v) is 5.87. The Morgan fingerprint density at radius 1 is 1.13 bits per heavy atom. The Kier molecular flexibility index (Phi) is 5.85. The second kappa shape index (κ2) is 8.91. The van der Waals surface area contributed by atoms with Crippen molar-refractivity contribution in [3.05, 3.63) is 46.9 Å². The predicted octanol–water partition coefficient (Wildman–Crippen LogP) is 5.23. The smallest absolute Gasteiger partial charge is 0.264 e. The average Bonchev–Trinajstić information content (AvgIpc) is 3.57. The van der Waals surface area contributed by atoms with Crippen molar-refractivity contribution >= 4 is 33.3 Å². The van der Waals surface area contributed by atoms with Crippen molar-refractivity contribution in [3.8, 4) is 0 Å². The number of rotatable bonds is 7. The van der Waals surface area contributed by atoms with Gasteiger partial charge in [0.2, 0.25) is 0 Å². The summed E-state index contributed by atoms with van der Waals surface area (Å²) in [6, 6.07) is 3.91. The summed E-state index contributed by atoms with van der Waals surface area (Å²) < 4.78 is 0. The number of anilines is 1. The molecule has 31 heavy (non-hydrogen) atoms. The summed E-state index contributed by atoms with van der Waals surface area (Å²) in [5.41, 5.74) is 2.24. The summed E-state index contributed by atoms with van der Waals surface area (Å²) >= 11 is 1.52. The SMILES string of the molecule is CN(Cc1ccncc1)C(=O)c1sc2ncnc(NCC3CCCCC3)c2c1C1CC1. The van der Waals surface area contributed by atoms with Crippen molar-refractivity contribution in [1.29, 1.82) is 0 Å². The quantitative estimate of drug-likeness (QED) is 0.550. The van der Waals surface area contributed by atoms with Crippen molar-refractivity contribution in [3.63, 3.8) is 0 Å². The number of carbonyl (C=O) groups is 1. The van der Waals surface area contributed by atoms with Gasteiger partial charge in [-0.2, -0.15) is 0 Å². The van der Waals surface area contributed by atoms with Crippen LogP contribution in [0, 0.1) is 5.92 Å². The topological polar surface area (TPSA) is 71.0 Å². The number of fused-ring (bicyclic) bond motifs is 1. The standard InChI is InChI=1S/C24H29N5OS/c1-29(14-17-9-11-25-12-10-17)24(30)21-19(18-7-8-18)20-22(27-15-28-23(20)31-21)26-13-16-5-3-2-4-6-16/h9-12,15-16,18H,2-8,13-14H2,1H3,(H,26,27,28). The molecule has 2 aliphatic rings. The van der Waals surface area contributed by atoms with E-state index in [0.29, 0.717) is 12.5 Å². The molecule has 2 aliphatic carbocycles. The van der Waals surface area contributed by atoms with Crippen LogP contribution < -0.4 is 5.32 Å². The van der Waals surface area contributed by atoms with E-state index in [-0.39, 0.29) is 5.91 Å². The van der Waals surface area contributed by atoms with Crippen LogP contribution in [-0.2, 0) is 6.54 Å². The Balaban J connectivity index is 1.43. The maximum Gasteiger partial charge on any atom is 0.264 e. The molecule has 7 heteroatoms. The van der Waals surface area contributed by atoms with Crippen LogP contribution in [0.15, 0.2) is 30.9 Å². The molecule has 3 aromatic rings. The maximum atomic E-state index is 13.4. The van der Waals surface area contributed by atoms with Crippen molar-refractivity contribution in [2.75, 3.05) is 18.9 Å². The van der Waals surface area contributed by atoms with Gasteiger partial charge >= 0.3 is 0 Å². The minimum Gasteiger partial charge on any atom is -0.369 e. The van der Waals surface area contributed by atoms with Gasteiger partial charge in [0.1, 0.15) is 17.0 Å². The molecule has 0 unspecified atom stereocenters. The minimum atomic E-state index is 0.0694. The van der Waals surface area contributed by atoms with E-state index in [1.54, 1.807) is 23.6 Å². The van der Waals surface area contributed by atoms with Gasteiger partial charge in [0.15, 0.2) is 0 Å². The van der Waals surface area contributed by atoms with Crippen LogP contribution in [0.25, 0.3) is 10.2 Å². The highest BCUT2D eigenvalue weighted by Crippen LogP contribution is 2.49. The average molecular weight is 436 g/mol. The van der Waals surface area contributed by atoms with Crippen molar-refractivity contribution < 1.29 is 4.79 Å². The zero-order valence-electron chi connectivity index (χ0n) is 18.0. The van der Waals surface area contributed by atoms with Gasteiger partial charge in [-0.1, -0.05) is 19.3 Å². The van der Waals surface area contributed by atoms with E-state index in [2.05, 4.69) is 20.3 Å². The number of hydrogen-bond acceptors (Lipinski definition) is 6. The second-order valence-corrected chi connectivity index (χ2v) is 9.92. The van der Waals surface area contributed by atoms with Crippen LogP contribution in [0.1, 0.15) is 71.7 Å². The number of aromatic nitrogens is 3. The highest BCUT2D eigenvalue weighted by atomic mass is 32.1. The first-order valence-electron chi connectivity index (χ1n) is 11.4. The third kappa shape index (κ3) is 4.42. The Hall–Kier alpha value is -2.54. The lowest BCUT2D eigenvalue weighted by molar-refractivity contribution is 0.0789. The predicted molar refractivity (Wildman–Crippen MR) is 124 cm³/mol. The first-order chi connectivity index (χ1) is 15.2. The molecule has 0 aromatic carbocycles. The molecule has 2 fully saturated rings. The summed E-state index contributed by atoms with van der Waals surface area (Å²) in [6.07, 6.45) is 14.1. The van der Waals surface area contributed by atoms with Crippen molar-refractivity contribution in [1.82, 2.24) is 19.9 Å². The van der Waals surface area contributed by atoms with E-state index in [9.17, 15) is 4.79 Å². The first kappa shape index (κ1) is 20.4. The van der Waals surface area contributed by atoms with E-state index in [1.165, 1.54) is 49.0 Å². The number of nitrogens with one attached hydrogen (secondary N) is 1. The minimum absolute atomic E-state index is 0.0694. The Morgan fingerprint density at radius 2 is 1.90 bits per heavy atom. The summed E-state index contributed by atoms with van der Waals surface area (Å²) in [6.45, 7) is 1.52. The summed E-state index contributed by atoms with van der Waals surface area (Å²) in [7, 11) is 1.87. The number of pyridine rings is 1. The third-order valence-electron chi connectivity index (χ3n) is 6.50. The van der Waals surface area contributed by atoms with Gasteiger partial charge in [0, 0.05) is 32.5 Å². The highest BCUT2D eigenvalue weighted by molar-refractivity contribution is 7.20. The molecule has 162 valence electrons. The van der Waals surface area contributed by atoms with E-state index in [1.807, 2.05) is 19.2 Å². The molecule has 1 amide bonds. The van der Waals surface area contributed by atoms with E-state index in [0.717, 1.165) is 51.8 Å². The van der Waals surface area contributed by atoms with Crippen LogP contribution in [0.3, 0.4) is 0 Å². The molecule has 1 N–H and O–H groups in total. The molecule has 3 heterocycles. The third-order valence-corrected chi connectivity index (χ3v) is 7.61. The summed E-state index contributed by atoms with van der Waals surface area (Å²) in [5, 5.41) is 4.70. The van der Waals surface area contributed by atoms with E-state index in [4.69, 9.17) is 0 Å². The van der Waals surface area contributed by atoms with Gasteiger partial charge in [0.05, 0.1) is 10.3 Å². The molecule has 6 nitrogen and oxygen atoms in total. The molecule has 0 aliphatic heterocycles. The number of hydrogen-bond donors (Lipinski definition) is 1. The molecule has 5 rings (SSSR count). The fourth-order valence-electron chi connectivity index (χ4n) is 4.65. The van der Waals surface area contributed by atoms with Crippen LogP contribution in [0.2, 0.25) is 0 Å². The molecule has 0 bridgehead atoms. The lowest BCUT2D eigenvalue weighted by Crippen LogP contribution is -2.26. The monoisotopic (exact) mass is 435 g/mol. The van der Waals surface area contributed by atoms with E-state index < -0.39 is 0 Å². The lowest BCUT2D eigenvalue weighted by Gasteiger charge is -2.22. The Labute approximate surface area is 187 Å². The summed E-state index contributed by atoms with van der Waals surface area (Å²) in [5.74, 6) is 2.14. The van der Waals surface area contributed by atoms with Gasteiger partial charge in [-0.15, -0.1) is 11.3 Å². The van der Waals surface area contributed by atoms with Gasteiger partial charge < -0.3 is 10.2 Å². The van der Waals surface area contributed by atoms with Gasteiger partial charge in [-0.25, -0.2) is 9.97 Å². The number of carbonyl (C=O) groups excluding carboxylic acids is 1. The Bertz CT molecular complexity index is 1060. The van der Waals surface area contributed by atoms with Gasteiger partial charge in [0.25, 0.3) is 5.91 Å². The van der Waals surface area contributed by atoms with Crippen molar-refractivity contribution in [2.24, 2.45) is 5.92 Å². The largest absolute Gasteiger partial charge is 0.369 e. The lowest BCUT2D eigenvalue weighted by atomic mass is 9.89. The molecule has 0 saturated heterocycles. The van der Waals surface area contributed by atoms with E-state index >= 15 is 0 Å². The van der Waals surface area contributed by atoms with Crippen LogP contribution in [0.4, 0.5) is 5.82 Å². The molecular weight excluding hydrogens is 406 g/mol. The summed E-state index contributed by atoms with van der Waals surface area (Å²) in [4.78, 5) is 30.2. The number of thiophene rings is 1. The van der Waals surface area contributed by atoms with Crippen LogP contribution >= 0.6 is 11.3 Å². The van der Waals surface area contributed by atoms with Crippen LogP contribution in [0.5, 0.6) is 0 Å². The molecule has 2 saturated carbocycles. The first-order valence-corrected chi connectivity index (χ1v) is 12.2. The normalized spacial score (nSPS) is 17.1. The molecule has 0 atom stereocenters. The molecule has 3 aromatic heterocycles. The molecule has 0 radical (unpaired) electrons. The fraction of sp³-hybridized carbons (Fsp3) is 0.500. The Morgan fingerprint density at radius 3 is 2.65 bits per heavy atom. The number of nitrogens with zero attached hydrogens (tertiary/aromatic N) is 4. The van der Waals surface area contributed by atoms with Crippen LogP contribution in [-0.4, -0.2) is 39.4 Å². The second-order valence-electron chi connectivity index (χ2n) is 8.92. The zero-order valence-corrected chi connectivity index (χ0v) is 18.8. The zero-order chi connectivity index (χ0) is 21.2.